The zero-order valence-electron chi connectivity index (χ0n) is 24.8. The summed E-state index contributed by atoms with van der Waals surface area (Å²) in [6.07, 6.45) is 6.25. The van der Waals surface area contributed by atoms with Gasteiger partial charge in [-0.25, -0.2) is 0 Å². The Hall–Kier alpha value is -3.98. The largest absolute Gasteiger partial charge is 0.469 e. The number of rotatable bonds is 5. The molecule has 0 spiro atoms. The van der Waals surface area contributed by atoms with E-state index in [1.54, 1.807) is 12.3 Å². The molecule has 0 amide bonds. The van der Waals surface area contributed by atoms with Crippen molar-refractivity contribution in [1.82, 2.24) is 0 Å². The Morgan fingerprint density at radius 2 is 1.55 bits per heavy atom. The second-order valence-corrected chi connectivity index (χ2v) is 12.8. The minimum absolute atomic E-state index is 0.0505. The average Bonchev–Trinajstić information content (AvgIpc) is 2.90. The highest BCUT2D eigenvalue weighted by molar-refractivity contribution is 6.19. The highest BCUT2D eigenvalue weighted by Crippen LogP contribution is 2.34. The first-order chi connectivity index (χ1) is 18.9. The molecule has 0 fully saturated rings. The second kappa shape index (κ2) is 10.5. The van der Waals surface area contributed by atoms with E-state index < -0.39 is 5.41 Å². The summed E-state index contributed by atoms with van der Waals surface area (Å²) >= 11 is 0. The van der Waals surface area contributed by atoms with Crippen molar-refractivity contribution in [2.45, 2.75) is 54.9 Å². The fourth-order valence-corrected chi connectivity index (χ4v) is 5.22. The molecule has 0 saturated heterocycles. The smallest absolute Gasteiger partial charge is 0.164 e. The Morgan fingerprint density at radius 1 is 0.825 bits per heavy atom. The summed E-state index contributed by atoms with van der Waals surface area (Å²) in [6.45, 7) is 14.8. The topological polar surface area (TPSA) is 38.7 Å². The van der Waals surface area contributed by atoms with Gasteiger partial charge in [-0.05, 0) is 52.1 Å². The number of hydrogen-bond acceptors (Lipinski definition) is 3. The number of hydrogen-bond donors (Lipinski definition) is 0. The molecule has 1 aliphatic rings. The maximum absolute atomic E-state index is 12.7. The van der Waals surface area contributed by atoms with Crippen molar-refractivity contribution in [3.8, 4) is 0 Å². The van der Waals surface area contributed by atoms with Crippen LogP contribution in [0.25, 0.3) is 27.6 Å². The fourth-order valence-electron chi connectivity index (χ4n) is 5.22. The van der Waals surface area contributed by atoms with E-state index in [4.69, 9.17) is 9.73 Å². The van der Waals surface area contributed by atoms with Gasteiger partial charge < -0.3 is 4.74 Å². The normalized spacial score (nSPS) is 14.5. The molecule has 4 aromatic rings. The van der Waals surface area contributed by atoms with Crippen molar-refractivity contribution in [1.29, 1.82) is 0 Å². The van der Waals surface area contributed by atoms with Crippen molar-refractivity contribution in [2.75, 3.05) is 6.54 Å². The van der Waals surface area contributed by atoms with Gasteiger partial charge >= 0.3 is 0 Å². The van der Waals surface area contributed by atoms with Crippen LogP contribution < -0.4 is 0 Å². The molecule has 0 aliphatic carbocycles. The number of nitrogens with zero attached hydrogens (tertiary/aromatic N) is 1. The standard InChI is InChI=1S/C37H39NO2/c1-24-12-14-27-26(22-24)13-15-30-29(27)16-17-32-31(30)18-20-38-35(32)28-11-9-8-10-25(28)19-21-40-34(37(5,6)7)23-33(39)36(2,3)4/h8-17,19,21-23H,18,20H2,1-7H3/b21-19+,34-23-. The van der Waals surface area contributed by atoms with Crippen LogP contribution in [0, 0.1) is 17.8 Å². The molecule has 0 radical (unpaired) electrons. The van der Waals surface area contributed by atoms with Gasteiger partial charge in [-0.3, -0.25) is 9.79 Å². The van der Waals surface area contributed by atoms with E-state index in [1.807, 2.05) is 32.9 Å². The fraction of sp³-hybridized carbons (Fsp3) is 0.297. The van der Waals surface area contributed by atoms with Gasteiger partial charge in [-0.2, -0.15) is 0 Å². The highest BCUT2D eigenvalue weighted by atomic mass is 16.5. The monoisotopic (exact) mass is 529 g/mol. The van der Waals surface area contributed by atoms with E-state index in [1.165, 1.54) is 38.2 Å². The van der Waals surface area contributed by atoms with Crippen molar-refractivity contribution in [2.24, 2.45) is 15.8 Å². The maximum atomic E-state index is 12.7. The molecule has 0 atom stereocenters. The van der Waals surface area contributed by atoms with Crippen molar-refractivity contribution >= 4 is 39.1 Å². The molecule has 0 bridgehead atoms. The van der Waals surface area contributed by atoms with Crippen LogP contribution >= 0.6 is 0 Å². The van der Waals surface area contributed by atoms with E-state index in [0.717, 1.165) is 29.8 Å². The summed E-state index contributed by atoms with van der Waals surface area (Å²) in [5.41, 5.74) is 6.18. The van der Waals surface area contributed by atoms with Gasteiger partial charge in [0.2, 0.25) is 0 Å². The molecule has 0 N–H and O–H groups in total. The van der Waals surface area contributed by atoms with Crippen molar-refractivity contribution in [3.05, 3.63) is 113 Å². The number of aryl methyl sites for hydroxylation is 1. The van der Waals surface area contributed by atoms with Crippen molar-refractivity contribution < 1.29 is 9.53 Å². The predicted molar refractivity (Wildman–Crippen MR) is 169 cm³/mol. The maximum Gasteiger partial charge on any atom is 0.164 e. The lowest BCUT2D eigenvalue weighted by Crippen LogP contribution is -2.21. The minimum Gasteiger partial charge on any atom is -0.469 e. The molecule has 3 heteroatoms. The number of ether oxygens (including phenoxy) is 1. The van der Waals surface area contributed by atoms with Crippen molar-refractivity contribution in [3.63, 3.8) is 0 Å². The van der Waals surface area contributed by atoms with Crippen LogP contribution in [0.2, 0.25) is 0 Å². The zero-order chi connectivity index (χ0) is 28.7. The van der Waals surface area contributed by atoms with E-state index in [0.29, 0.717) is 5.76 Å². The number of ketones is 1. The van der Waals surface area contributed by atoms with Gasteiger partial charge in [-0.1, -0.05) is 114 Å². The number of carbonyl (C=O) groups is 1. The summed E-state index contributed by atoms with van der Waals surface area (Å²) in [5, 5.41) is 5.18. The third-order valence-electron chi connectivity index (χ3n) is 7.57. The summed E-state index contributed by atoms with van der Waals surface area (Å²) in [5.74, 6) is 0.699. The summed E-state index contributed by atoms with van der Waals surface area (Å²) in [6, 6.07) is 24.0. The van der Waals surface area contributed by atoms with Crippen LogP contribution in [0.4, 0.5) is 0 Å². The molecular formula is C37H39NO2. The van der Waals surface area contributed by atoms with Gasteiger partial charge in [0, 0.05) is 34.6 Å². The Kier molecular flexibility index (Phi) is 7.27. The molecule has 204 valence electrons. The molecule has 0 saturated carbocycles. The van der Waals surface area contributed by atoms with Crippen LogP contribution in [0.1, 0.15) is 69.4 Å². The van der Waals surface area contributed by atoms with E-state index >= 15 is 0 Å². The van der Waals surface area contributed by atoms with E-state index in [9.17, 15) is 4.79 Å². The quantitative estimate of drug-likeness (QED) is 0.147. The van der Waals surface area contributed by atoms with Gasteiger partial charge in [0.1, 0.15) is 5.76 Å². The Bertz CT molecular complexity index is 1700. The van der Waals surface area contributed by atoms with Crippen LogP contribution in [0.3, 0.4) is 0 Å². The highest BCUT2D eigenvalue weighted by Gasteiger charge is 2.25. The third-order valence-corrected chi connectivity index (χ3v) is 7.57. The Balaban J connectivity index is 1.51. The molecule has 1 aliphatic heterocycles. The first kappa shape index (κ1) is 27.6. The number of fused-ring (bicyclic) bond motifs is 5. The van der Waals surface area contributed by atoms with Crippen LogP contribution in [0.5, 0.6) is 0 Å². The number of allylic oxidation sites excluding steroid dienone is 2. The summed E-state index contributed by atoms with van der Waals surface area (Å²) in [7, 11) is 0. The molecule has 4 aromatic carbocycles. The number of aliphatic imine (C=N–C) groups is 1. The third kappa shape index (κ3) is 5.51. The lowest BCUT2D eigenvalue weighted by atomic mass is 9.86. The lowest BCUT2D eigenvalue weighted by molar-refractivity contribution is -0.121. The number of carbonyl (C=O) groups excluding carboxylic acids is 1. The van der Waals surface area contributed by atoms with Crippen LogP contribution in [0.15, 0.2) is 89.8 Å². The van der Waals surface area contributed by atoms with Crippen LogP contribution in [-0.2, 0) is 16.0 Å². The SMILES string of the molecule is Cc1ccc2c(ccc3c4c(ccc32)C(c2ccccc2/C=C/O/C(=C\C(=O)C(C)(C)C)C(C)(C)C)=NCC4)c1. The van der Waals surface area contributed by atoms with Crippen LogP contribution in [-0.4, -0.2) is 18.0 Å². The summed E-state index contributed by atoms with van der Waals surface area (Å²) in [4.78, 5) is 17.7. The first-order valence-corrected chi connectivity index (χ1v) is 14.1. The van der Waals surface area contributed by atoms with Gasteiger partial charge in [0.15, 0.2) is 5.78 Å². The average molecular weight is 530 g/mol. The van der Waals surface area contributed by atoms with Gasteiger partial charge in [0.05, 0.1) is 12.0 Å². The minimum atomic E-state index is -0.460. The van der Waals surface area contributed by atoms with E-state index in [2.05, 4.69) is 88.4 Å². The summed E-state index contributed by atoms with van der Waals surface area (Å²) < 4.78 is 6.11. The number of benzene rings is 4. The molecule has 1 heterocycles. The Morgan fingerprint density at radius 3 is 2.30 bits per heavy atom. The zero-order valence-corrected chi connectivity index (χ0v) is 24.8. The molecule has 0 aromatic heterocycles. The molecular weight excluding hydrogens is 490 g/mol. The van der Waals surface area contributed by atoms with Gasteiger partial charge in [-0.15, -0.1) is 0 Å². The Labute approximate surface area is 238 Å². The molecule has 0 unspecified atom stereocenters. The molecule has 3 nitrogen and oxygen atoms in total. The molecule has 5 rings (SSSR count). The first-order valence-electron chi connectivity index (χ1n) is 14.1. The van der Waals surface area contributed by atoms with E-state index in [-0.39, 0.29) is 11.2 Å². The molecule has 40 heavy (non-hydrogen) atoms. The second-order valence-electron chi connectivity index (χ2n) is 12.8. The van der Waals surface area contributed by atoms with Gasteiger partial charge in [0.25, 0.3) is 0 Å². The predicted octanol–water partition coefficient (Wildman–Crippen LogP) is 9.23. The lowest BCUT2D eigenvalue weighted by Gasteiger charge is -2.23.